The molecule has 0 aliphatic heterocycles. The lowest BCUT2D eigenvalue weighted by Gasteiger charge is -2.34. The molecule has 2 aromatic carbocycles. The molecule has 2 amide bonds. The molecule has 0 spiro atoms. The van der Waals surface area contributed by atoms with Crippen LogP contribution in [-0.2, 0) is 0 Å². The van der Waals surface area contributed by atoms with Gasteiger partial charge in [0.1, 0.15) is 5.82 Å². The van der Waals surface area contributed by atoms with Crippen molar-refractivity contribution in [3.63, 3.8) is 0 Å². The van der Waals surface area contributed by atoms with Gasteiger partial charge in [-0.3, -0.25) is 9.59 Å². The largest absolute Gasteiger partial charge is 0.331 e. The topological polar surface area (TPSA) is 92.2 Å². The van der Waals surface area contributed by atoms with Crippen molar-refractivity contribution in [2.45, 2.75) is 66.5 Å². The summed E-state index contributed by atoms with van der Waals surface area (Å²) in [7, 11) is 0. The van der Waals surface area contributed by atoms with Gasteiger partial charge < -0.3 is 9.80 Å². The second kappa shape index (κ2) is 16.6. The highest BCUT2D eigenvalue weighted by Crippen LogP contribution is 2.16. The summed E-state index contributed by atoms with van der Waals surface area (Å²) in [6.45, 7) is 16.9. The second-order valence-corrected chi connectivity index (χ2v) is 13.0. The molecule has 0 bridgehead atoms. The molecule has 0 fully saturated rings. The molecule has 2 aromatic heterocycles. The molecule has 0 aliphatic carbocycles. The van der Waals surface area contributed by atoms with E-state index < -0.39 is 0 Å². The molecular formula is C38H40ClFN6O2. The molecule has 10 heteroatoms. The summed E-state index contributed by atoms with van der Waals surface area (Å²) < 4.78 is 13.1. The van der Waals surface area contributed by atoms with Crippen LogP contribution in [0.2, 0.25) is 5.02 Å². The zero-order chi connectivity index (χ0) is 35.5. The first kappa shape index (κ1) is 37.3. The number of benzene rings is 2. The molecule has 4 aromatic rings. The van der Waals surface area contributed by atoms with E-state index >= 15 is 0 Å². The Morgan fingerprint density at radius 2 is 1.02 bits per heavy atom. The lowest BCUT2D eigenvalue weighted by Crippen LogP contribution is -2.46. The summed E-state index contributed by atoms with van der Waals surface area (Å²) in [5, 5.41) is 0.640. The van der Waals surface area contributed by atoms with Crippen LogP contribution in [0, 0.1) is 29.5 Å². The third kappa shape index (κ3) is 11.0. The molecule has 4 rings (SSSR count). The maximum Gasteiger partial charge on any atom is 0.292 e. The Morgan fingerprint density at radius 3 is 1.38 bits per heavy atom. The minimum absolute atomic E-state index is 0.142. The minimum Gasteiger partial charge on any atom is -0.331 e. The molecule has 48 heavy (non-hydrogen) atoms. The molecule has 0 aliphatic rings. The summed E-state index contributed by atoms with van der Waals surface area (Å²) in [6.07, 6.45) is 6.13. The number of amides is 2. The van der Waals surface area contributed by atoms with E-state index in [-0.39, 0.29) is 40.4 Å². The molecular weight excluding hydrogens is 627 g/mol. The van der Waals surface area contributed by atoms with Crippen molar-refractivity contribution in [2.75, 3.05) is 13.1 Å². The van der Waals surface area contributed by atoms with Crippen molar-refractivity contribution in [3.05, 3.63) is 118 Å². The number of halogens is 2. The average Bonchev–Trinajstić information content (AvgIpc) is 3.03. The lowest BCUT2D eigenvalue weighted by atomic mass is 10.1. The maximum atomic E-state index is 13.1. The highest BCUT2D eigenvalue weighted by atomic mass is 35.5. The van der Waals surface area contributed by atoms with Crippen molar-refractivity contribution in [3.8, 4) is 23.7 Å². The fourth-order valence-corrected chi connectivity index (χ4v) is 4.70. The van der Waals surface area contributed by atoms with Crippen LogP contribution in [-0.4, -0.2) is 65.7 Å². The highest BCUT2D eigenvalue weighted by molar-refractivity contribution is 6.30. The van der Waals surface area contributed by atoms with Crippen LogP contribution in [0.25, 0.3) is 0 Å². The van der Waals surface area contributed by atoms with E-state index in [0.717, 1.165) is 5.56 Å². The van der Waals surface area contributed by atoms with Gasteiger partial charge in [-0.15, -0.1) is 0 Å². The quantitative estimate of drug-likeness (QED) is 0.217. The summed E-state index contributed by atoms with van der Waals surface area (Å²) in [5.41, 5.74) is 2.01. The van der Waals surface area contributed by atoms with Crippen LogP contribution in [0.1, 0.15) is 98.9 Å². The molecule has 0 atom stereocenters. The molecule has 0 radical (unpaired) electrons. The normalized spacial score (nSPS) is 10.7. The van der Waals surface area contributed by atoms with E-state index in [4.69, 9.17) is 11.6 Å². The van der Waals surface area contributed by atoms with Gasteiger partial charge in [-0.25, -0.2) is 24.3 Å². The van der Waals surface area contributed by atoms with Gasteiger partial charge in [-0.2, -0.15) is 0 Å². The smallest absolute Gasteiger partial charge is 0.292 e. The van der Waals surface area contributed by atoms with Crippen LogP contribution >= 0.6 is 11.6 Å². The van der Waals surface area contributed by atoms with Crippen molar-refractivity contribution in [1.82, 2.24) is 29.7 Å². The van der Waals surface area contributed by atoms with Gasteiger partial charge in [0, 0.05) is 65.1 Å². The maximum absolute atomic E-state index is 13.1. The van der Waals surface area contributed by atoms with E-state index in [0.29, 0.717) is 34.8 Å². The van der Waals surface area contributed by atoms with Gasteiger partial charge in [0.15, 0.2) is 0 Å². The zero-order valence-electron chi connectivity index (χ0n) is 28.6. The van der Waals surface area contributed by atoms with E-state index in [1.807, 2.05) is 67.5 Å². The first-order valence-electron chi connectivity index (χ1n) is 15.5. The second-order valence-electron chi connectivity index (χ2n) is 12.6. The van der Waals surface area contributed by atoms with Crippen LogP contribution in [0.4, 0.5) is 4.39 Å². The van der Waals surface area contributed by atoms with Crippen LogP contribution < -0.4 is 0 Å². The van der Waals surface area contributed by atoms with Gasteiger partial charge in [-0.05, 0) is 91.8 Å². The standard InChI is InChI=1S/C19H20ClN3O.C19H20FN3O/c2*1-5-23(19(2,3)4)18(24)17-21-12-15(13-22-17)10-9-14-7-6-8-16(20)11-14/h2*6-8,11-13H,5H2,1-4H3. The Hall–Kier alpha value is -5.12. The third-order valence-electron chi connectivity index (χ3n) is 6.78. The number of hydrogen-bond acceptors (Lipinski definition) is 6. The predicted molar refractivity (Wildman–Crippen MR) is 187 cm³/mol. The van der Waals surface area contributed by atoms with Crippen molar-refractivity contribution in [1.29, 1.82) is 0 Å². The summed E-state index contributed by atoms with van der Waals surface area (Å²) in [4.78, 5) is 45.0. The van der Waals surface area contributed by atoms with Gasteiger partial charge in [0.25, 0.3) is 11.8 Å². The first-order valence-corrected chi connectivity index (χ1v) is 15.8. The van der Waals surface area contributed by atoms with Crippen LogP contribution in [0.5, 0.6) is 0 Å². The Kier molecular flexibility index (Phi) is 12.9. The molecule has 0 unspecified atom stereocenters. The Bertz CT molecular complexity index is 1700. The number of carbonyl (C=O) groups excluding carboxylic acids is 2. The molecule has 0 saturated heterocycles. The molecule has 248 valence electrons. The van der Waals surface area contributed by atoms with Gasteiger partial charge in [0.05, 0.1) is 11.1 Å². The lowest BCUT2D eigenvalue weighted by molar-refractivity contribution is 0.0576. The number of rotatable bonds is 4. The van der Waals surface area contributed by atoms with E-state index in [1.54, 1.807) is 46.5 Å². The first-order chi connectivity index (χ1) is 22.6. The monoisotopic (exact) mass is 666 g/mol. The number of aromatic nitrogens is 4. The van der Waals surface area contributed by atoms with Crippen molar-refractivity contribution in [2.24, 2.45) is 0 Å². The van der Waals surface area contributed by atoms with E-state index in [9.17, 15) is 14.0 Å². The van der Waals surface area contributed by atoms with Gasteiger partial charge in [-0.1, -0.05) is 47.4 Å². The van der Waals surface area contributed by atoms with E-state index in [2.05, 4.69) is 43.6 Å². The zero-order valence-corrected chi connectivity index (χ0v) is 29.4. The molecule has 0 saturated carbocycles. The Morgan fingerprint density at radius 1 is 0.646 bits per heavy atom. The fourth-order valence-electron chi connectivity index (χ4n) is 4.51. The highest BCUT2D eigenvalue weighted by Gasteiger charge is 2.28. The van der Waals surface area contributed by atoms with Gasteiger partial charge >= 0.3 is 0 Å². The molecule has 0 N–H and O–H groups in total. The van der Waals surface area contributed by atoms with Crippen molar-refractivity contribution >= 4 is 23.4 Å². The SMILES string of the molecule is CCN(C(=O)c1ncc(C#Cc2cccc(Cl)c2)cn1)C(C)(C)C.CCN(C(=O)c1ncc(C#Cc2cccc(F)c2)cn1)C(C)(C)C. The number of nitrogens with zero attached hydrogens (tertiary/aromatic N) is 6. The summed E-state index contributed by atoms with van der Waals surface area (Å²) >= 11 is 5.93. The average molecular weight is 667 g/mol. The third-order valence-corrected chi connectivity index (χ3v) is 7.02. The Labute approximate surface area is 287 Å². The minimum atomic E-state index is -0.333. The van der Waals surface area contributed by atoms with Crippen LogP contribution in [0.15, 0.2) is 73.3 Å². The summed E-state index contributed by atoms with van der Waals surface area (Å²) in [5.74, 6) is 11.3. The van der Waals surface area contributed by atoms with Gasteiger partial charge in [0.2, 0.25) is 11.6 Å². The Balaban J connectivity index is 0.000000260. The summed E-state index contributed by atoms with van der Waals surface area (Å²) in [6, 6.07) is 13.3. The molecule has 2 heterocycles. The fraction of sp³-hybridized carbons (Fsp3) is 0.316. The predicted octanol–water partition coefficient (Wildman–Crippen LogP) is 7.07. The number of hydrogen-bond donors (Lipinski definition) is 0. The number of carbonyl (C=O) groups is 2. The van der Waals surface area contributed by atoms with E-state index in [1.165, 1.54) is 24.5 Å². The molecule has 8 nitrogen and oxygen atoms in total. The van der Waals surface area contributed by atoms with Crippen molar-refractivity contribution < 1.29 is 14.0 Å². The van der Waals surface area contributed by atoms with Crippen LogP contribution in [0.3, 0.4) is 0 Å².